The van der Waals surface area contributed by atoms with Gasteiger partial charge in [-0.05, 0) is 39.0 Å². The molecule has 0 saturated carbocycles. The van der Waals surface area contributed by atoms with Crippen LogP contribution in [0.4, 0.5) is 5.69 Å². The van der Waals surface area contributed by atoms with Crippen LogP contribution >= 0.6 is 0 Å². The summed E-state index contributed by atoms with van der Waals surface area (Å²) in [7, 11) is 3.92. The predicted octanol–water partition coefficient (Wildman–Crippen LogP) is 3.96. The van der Waals surface area contributed by atoms with E-state index in [0.717, 1.165) is 22.3 Å². The van der Waals surface area contributed by atoms with Crippen molar-refractivity contribution in [3.63, 3.8) is 0 Å². The largest absolute Gasteiger partial charge is 0.609 e. The SMILES string of the molecule is CN(C)c1ccccc1C[S+]([O-])c1nc2ccccc2n1COC(=O)C(C)(C)C. The van der Waals surface area contributed by atoms with Gasteiger partial charge in [-0.25, -0.2) is 4.57 Å². The van der Waals surface area contributed by atoms with Crippen LogP contribution in [0.15, 0.2) is 53.7 Å². The van der Waals surface area contributed by atoms with Gasteiger partial charge in [0.25, 0.3) is 0 Å². The molecular formula is C22H27N3O3S. The summed E-state index contributed by atoms with van der Waals surface area (Å²) in [6, 6.07) is 15.4. The summed E-state index contributed by atoms with van der Waals surface area (Å²) >= 11 is -1.41. The second-order valence-corrected chi connectivity index (χ2v) is 9.48. The zero-order valence-electron chi connectivity index (χ0n) is 17.5. The number of carbonyl (C=O) groups excluding carboxylic acids is 1. The maximum absolute atomic E-state index is 13.3. The summed E-state index contributed by atoms with van der Waals surface area (Å²) in [6.45, 7) is 5.39. The first-order chi connectivity index (χ1) is 13.7. The molecule has 3 rings (SSSR count). The third-order valence-electron chi connectivity index (χ3n) is 4.52. The maximum atomic E-state index is 13.3. The van der Waals surface area contributed by atoms with Crippen molar-refractivity contribution in [2.45, 2.75) is 38.4 Å². The molecule has 1 atom stereocenters. The van der Waals surface area contributed by atoms with Crippen LogP contribution in [0.3, 0.4) is 0 Å². The minimum Gasteiger partial charge on any atom is -0.609 e. The third-order valence-corrected chi connectivity index (χ3v) is 5.81. The van der Waals surface area contributed by atoms with E-state index in [9.17, 15) is 9.35 Å². The molecule has 0 amide bonds. The van der Waals surface area contributed by atoms with Crippen molar-refractivity contribution in [1.29, 1.82) is 0 Å². The zero-order valence-corrected chi connectivity index (χ0v) is 18.3. The number of hydrogen-bond donors (Lipinski definition) is 0. The van der Waals surface area contributed by atoms with Crippen molar-refractivity contribution in [1.82, 2.24) is 9.55 Å². The highest BCUT2D eigenvalue weighted by Crippen LogP contribution is 2.27. The Hall–Kier alpha value is -2.51. The average molecular weight is 414 g/mol. The van der Waals surface area contributed by atoms with Gasteiger partial charge in [0.1, 0.15) is 5.75 Å². The Labute approximate surface area is 174 Å². The molecule has 29 heavy (non-hydrogen) atoms. The molecule has 0 saturated heterocycles. The van der Waals surface area contributed by atoms with Gasteiger partial charge in [-0.15, -0.1) is 0 Å². The molecule has 3 aromatic rings. The number of nitrogens with zero attached hydrogens (tertiary/aromatic N) is 3. The lowest BCUT2D eigenvalue weighted by Gasteiger charge is -2.19. The van der Waals surface area contributed by atoms with E-state index in [1.54, 1.807) is 25.3 Å². The topological polar surface area (TPSA) is 70.4 Å². The van der Waals surface area contributed by atoms with Crippen LogP contribution in [0.1, 0.15) is 26.3 Å². The highest BCUT2D eigenvalue weighted by atomic mass is 32.2. The van der Waals surface area contributed by atoms with Gasteiger partial charge >= 0.3 is 11.1 Å². The number of anilines is 1. The minimum atomic E-state index is -1.41. The Morgan fingerprint density at radius 2 is 1.79 bits per heavy atom. The Morgan fingerprint density at radius 1 is 1.14 bits per heavy atom. The smallest absolute Gasteiger partial charge is 0.327 e. The van der Waals surface area contributed by atoms with Crippen molar-refractivity contribution >= 4 is 33.9 Å². The normalized spacial score (nSPS) is 12.8. The van der Waals surface area contributed by atoms with Crippen molar-refractivity contribution in [3.8, 4) is 0 Å². The Balaban J connectivity index is 1.93. The van der Waals surface area contributed by atoms with Crippen molar-refractivity contribution in [2.75, 3.05) is 19.0 Å². The molecule has 0 bridgehead atoms. The quantitative estimate of drug-likeness (QED) is 0.452. The molecule has 1 unspecified atom stereocenters. The zero-order chi connectivity index (χ0) is 21.2. The lowest BCUT2D eigenvalue weighted by molar-refractivity contribution is -0.157. The van der Waals surface area contributed by atoms with Gasteiger partial charge in [-0.2, -0.15) is 4.98 Å². The Morgan fingerprint density at radius 3 is 2.48 bits per heavy atom. The molecule has 0 aliphatic carbocycles. The van der Waals surface area contributed by atoms with Crippen LogP contribution in [0.25, 0.3) is 11.0 Å². The fourth-order valence-corrected chi connectivity index (χ4v) is 4.22. The molecule has 0 spiro atoms. The summed E-state index contributed by atoms with van der Waals surface area (Å²) < 4.78 is 20.5. The minimum absolute atomic E-state index is 0.0208. The Kier molecular flexibility index (Phi) is 6.19. The lowest BCUT2D eigenvalue weighted by atomic mass is 9.98. The van der Waals surface area contributed by atoms with E-state index in [0.29, 0.717) is 10.9 Å². The molecule has 0 N–H and O–H groups in total. The van der Waals surface area contributed by atoms with E-state index >= 15 is 0 Å². The molecule has 7 heteroatoms. The number of carbonyl (C=O) groups is 1. The van der Waals surface area contributed by atoms with E-state index in [4.69, 9.17) is 4.74 Å². The molecule has 0 aliphatic rings. The average Bonchev–Trinajstić information content (AvgIpc) is 3.04. The second-order valence-electron chi connectivity index (χ2n) is 8.14. The van der Waals surface area contributed by atoms with Gasteiger partial charge < -0.3 is 14.2 Å². The predicted molar refractivity (Wildman–Crippen MR) is 116 cm³/mol. The van der Waals surface area contributed by atoms with Crippen LogP contribution in [0.2, 0.25) is 0 Å². The fraction of sp³-hybridized carbons (Fsp3) is 0.364. The number of aromatic nitrogens is 2. The third kappa shape index (κ3) is 4.74. The van der Waals surface area contributed by atoms with Gasteiger partial charge in [0.15, 0.2) is 6.73 Å². The van der Waals surface area contributed by atoms with Crippen molar-refractivity contribution < 1.29 is 14.1 Å². The van der Waals surface area contributed by atoms with Crippen molar-refractivity contribution in [2.24, 2.45) is 5.41 Å². The van der Waals surface area contributed by atoms with Crippen LogP contribution < -0.4 is 4.90 Å². The van der Waals surface area contributed by atoms with Crippen LogP contribution in [-0.2, 0) is 33.2 Å². The van der Waals surface area contributed by atoms with E-state index in [1.807, 2.05) is 67.5 Å². The molecule has 6 nitrogen and oxygen atoms in total. The summed E-state index contributed by atoms with van der Waals surface area (Å²) in [5.41, 5.74) is 2.89. The summed E-state index contributed by atoms with van der Waals surface area (Å²) in [5, 5.41) is 0.404. The molecule has 0 aliphatic heterocycles. The van der Waals surface area contributed by atoms with Gasteiger partial charge in [0.05, 0.1) is 16.4 Å². The summed E-state index contributed by atoms with van der Waals surface area (Å²) in [4.78, 5) is 18.8. The second kappa shape index (κ2) is 8.47. The number of rotatable bonds is 6. The van der Waals surface area contributed by atoms with Gasteiger partial charge in [0.2, 0.25) is 0 Å². The number of ether oxygens (including phenoxy) is 1. The molecule has 0 fully saturated rings. The van der Waals surface area contributed by atoms with Crippen LogP contribution in [-0.4, -0.2) is 34.2 Å². The van der Waals surface area contributed by atoms with Crippen LogP contribution in [0, 0.1) is 5.41 Å². The Bertz CT molecular complexity index is 1010. The first kappa shape index (κ1) is 21.2. The van der Waals surface area contributed by atoms with Gasteiger partial charge in [-0.3, -0.25) is 4.79 Å². The van der Waals surface area contributed by atoms with E-state index in [2.05, 4.69) is 4.98 Å². The highest BCUT2D eigenvalue weighted by Gasteiger charge is 2.27. The van der Waals surface area contributed by atoms with Crippen molar-refractivity contribution in [3.05, 3.63) is 54.1 Å². The number of hydrogen-bond acceptors (Lipinski definition) is 5. The number of benzene rings is 2. The summed E-state index contributed by atoms with van der Waals surface area (Å²) in [6.07, 6.45) is 0. The van der Waals surface area contributed by atoms with Gasteiger partial charge in [0, 0.05) is 36.5 Å². The molecule has 1 heterocycles. The fourth-order valence-electron chi connectivity index (χ4n) is 2.97. The standard InChI is InChI=1S/C22H27N3O3S/c1-22(2,3)20(26)28-15-25-19-13-9-7-11-17(19)23-21(25)29(27)14-16-10-6-8-12-18(16)24(4)5/h6-13H,14-15H2,1-5H3. The van der Waals surface area contributed by atoms with E-state index < -0.39 is 16.6 Å². The van der Waals surface area contributed by atoms with Crippen LogP contribution in [0.5, 0.6) is 0 Å². The summed E-state index contributed by atoms with van der Waals surface area (Å²) in [5.74, 6) is 0.00945. The maximum Gasteiger partial charge on any atom is 0.327 e. The first-order valence-electron chi connectivity index (χ1n) is 9.44. The number of esters is 1. The van der Waals surface area contributed by atoms with E-state index in [1.165, 1.54) is 0 Å². The molecular weight excluding hydrogens is 386 g/mol. The molecule has 154 valence electrons. The number of imidazole rings is 1. The monoisotopic (exact) mass is 413 g/mol. The number of fused-ring (bicyclic) bond motifs is 1. The van der Waals surface area contributed by atoms with Gasteiger partial charge in [-0.1, -0.05) is 30.3 Å². The lowest BCUT2D eigenvalue weighted by Crippen LogP contribution is -2.25. The first-order valence-corrected chi connectivity index (χ1v) is 10.8. The molecule has 0 radical (unpaired) electrons. The highest BCUT2D eigenvalue weighted by molar-refractivity contribution is 7.90. The molecule has 1 aromatic heterocycles. The molecule has 2 aromatic carbocycles. The van der Waals surface area contributed by atoms with E-state index in [-0.39, 0.29) is 12.7 Å². The number of para-hydroxylation sites is 3.